The van der Waals surface area contributed by atoms with Crippen molar-refractivity contribution in [3.05, 3.63) is 48.4 Å². The fraction of sp³-hybridized carbons (Fsp3) is 0.368. The first-order valence-corrected chi connectivity index (χ1v) is 10.6. The van der Waals surface area contributed by atoms with Crippen molar-refractivity contribution in [2.75, 3.05) is 52.1 Å². The van der Waals surface area contributed by atoms with E-state index in [1.807, 2.05) is 7.05 Å². The average molecular weight is 420 g/mol. The molecule has 2 aromatic rings. The van der Waals surface area contributed by atoms with Crippen LogP contribution in [0.1, 0.15) is 10.6 Å². The number of hydrogen-bond acceptors (Lipinski definition) is 6. The van der Waals surface area contributed by atoms with Gasteiger partial charge in [0, 0.05) is 38.9 Å². The van der Waals surface area contributed by atoms with Crippen LogP contribution in [0.5, 0.6) is 0 Å². The first-order valence-electron chi connectivity index (χ1n) is 9.15. The molecule has 0 unspecified atom stereocenters. The SMILES string of the molecule is CN1CCN(S(=O)(=O)c2ccc(NC(=O)CN(C)C(=O)c3ccco3)cc2)CC1. The molecule has 0 bridgehead atoms. The maximum atomic E-state index is 12.7. The van der Waals surface area contributed by atoms with Crippen molar-refractivity contribution >= 4 is 27.5 Å². The van der Waals surface area contributed by atoms with Gasteiger partial charge >= 0.3 is 0 Å². The van der Waals surface area contributed by atoms with E-state index in [0.29, 0.717) is 31.9 Å². The second kappa shape index (κ2) is 8.76. The summed E-state index contributed by atoms with van der Waals surface area (Å²) in [5.74, 6) is -0.653. The molecular formula is C19H24N4O5S. The number of anilines is 1. The highest BCUT2D eigenvalue weighted by molar-refractivity contribution is 7.89. The first-order chi connectivity index (χ1) is 13.8. The van der Waals surface area contributed by atoms with Crippen LogP contribution >= 0.6 is 0 Å². The normalized spacial score (nSPS) is 15.8. The fourth-order valence-electron chi connectivity index (χ4n) is 2.96. The van der Waals surface area contributed by atoms with E-state index in [4.69, 9.17) is 4.42 Å². The molecule has 1 aromatic heterocycles. The molecule has 3 rings (SSSR count). The third kappa shape index (κ3) is 5.03. The fourth-order valence-corrected chi connectivity index (χ4v) is 4.39. The predicted molar refractivity (Wildman–Crippen MR) is 107 cm³/mol. The molecule has 1 N–H and O–H groups in total. The topological polar surface area (TPSA) is 103 Å². The Labute approximate surface area is 169 Å². The maximum Gasteiger partial charge on any atom is 0.289 e. The molecule has 29 heavy (non-hydrogen) atoms. The van der Waals surface area contributed by atoms with Crippen molar-refractivity contribution in [2.45, 2.75) is 4.90 Å². The van der Waals surface area contributed by atoms with E-state index in [-0.39, 0.29) is 17.2 Å². The lowest BCUT2D eigenvalue weighted by molar-refractivity contribution is -0.116. The third-order valence-electron chi connectivity index (χ3n) is 4.70. The Balaban J connectivity index is 1.58. The molecule has 1 aliphatic rings. The molecular weight excluding hydrogens is 396 g/mol. The van der Waals surface area contributed by atoms with Crippen LogP contribution in [0, 0.1) is 0 Å². The Bertz CT molecular complexity index is 949. The lowest BCUT2D eigenvalue weighted by Crippen LogP contribution is -2.46. The molecule has 1 aromatic carbocycles. The van der Waals surface area contributed by atoms with Gasteiger partial charge in [-0.25, -0.2) is 8.42 Å². The van der Waals surface area contributed by atoms with Crippen LogP contribution in [0.4, 0.5) is 5.69 Å². The lowest BCUT2D eigenvalue weighted by Gasteiger charge is -2.31. The summed E-state index contributed by atoms with van der Waals surface area (Å²) in [4.78, 5) is 27.8. The molecule has 1 fully saturated rings. The Hall–Kier alpha value is -2.69. The van der Waals surface area contributed by atoms with Crippen LogP contribution in [-0.2, 0) is 14.8 Å². The monoisotopic (exact) mass is 420 g/mol. The summed E-state index contributed by atoms with van der Waals surface area (Å²) < 4.78 is 32.0. The van der Waals surface area contributed by atoms with Crippen LogP contribution in [0.2, 0.25) is 0 Å². The molecule has 0 radical (unpaired) electrons. The molecule has 9 nitrogen and oxygen atoms in total. The maximum absolute atomic E-state index is 12.7. The molecule has 1 aliphatic heterocycles. The van der Waals surface area contributed by atoms with Crippen LogP contribution in [-0.4, -0.2) is 81.2 Å². The highest BCUT2D eigenvalue weighted by Gasteiger charge is 2.27. The van der Waals surface area contributed by atoms with Gasteiger partial charge in [-0.15, -0.1) is 0 Å². The van der Waals surface area contributed by atoms with Gasteiger partial charge in [0.15, 0.2) is 5.76 Å². The van der Waals surface area contributed by atoms with Gasteiger partial charge in [0.25, 0.3) is 5.91 Å². The Kier molecular flexibility index (Phi) is 6.36. The van der Waals surface area contributed by atoms with Crippen LogP contribution in [0.3, 0.4) is 0 Å². The average Bonchev–Trinajstić information content (AvgIpc) is 3.22. The largest absolute Gasteiger partial charge is 0.459 e. The number of amides is 2. The van der Waals surface area contributed by atoms with Gasteiger partial charge in [0.2, 0.25) is 15.9 Å². The molecule has 156 valence electrons. The van der Waals surface area contributed by atoms with Crippen molar-refractivity contribution < 1.29 is 22.4 Å². The van der Waals surface area contributed by atoms with Gasteiger partial charge in [-0.05, 0) is 43.4 Å². The van der Waals surface area contributed by atoms with E-state index >= 15 is 0 Å². The molecule has 0 spiro atoms. The standard InChI is InChI=1S/C19H24N4O5S/c1-21-9-11-23(12-10-21)29(26,27)16-7-5-15(6-8-16)20-18(24)14-22(2)19(25)17-4-3-13-28-17/h3-8,13H,9-12,14H2,1-2H3,(H,20,24). The summed E-state index contributed by atoms with van der Waals surface area (Å²) in [6.45, 7) is 2.12. The number of likely N-dealkylation sites (N-methyl/N-ethyl adjacent to an activating group) is 2. The summed E-state index contributed by atoms with van der Waals surface area (Å²) in [5.41, 5.74) is 0.450. The molecule has 0 atom stereocenters. The predicted octanol–water partition coefficient (Wildman–Crippen LogP) is 0.926. The molecule has 0 saturated carbocycles. The van der Waals surface area contributed by atoms with Crippen molar-refractivity contribution in [3.63, 3.8) is 0 Å². The Morgan fingerprint density at radius 1 is 1.10 bits per heavy atom. The Morgan fingerprint density at radius 2 is 1.76 bits per heavy atom. The number of furan rings is 1. The van der Waals surface area contributed by atoms with Gasteiger partial charge in [-0.3, -0.25) is 9.59 Å². The smallest absolute Gasteiger partial charge is 0.289 e. The van der Waals surface area contributed by atoms with Gasteiger partial charge in [0.05, 0.1) is 17.7 Å². The van der Waals surface area contributed by atoms with Gasteiger partial charge in [-0.2, -0.15) is 4.31 Å². The van der Waals surface area contributed by atoms with Crippen molar-refractivity contribution in [2.24, 2.45) is 0 Å². The second-order valence-corrected chi connectivity index (χ2v) is 8.86. The summed E-state index contributed by atoms with van der Waals surface area (Å²) in [6, 6.07) is 9.14. The van der Waals surface area contributed by atoms with E-state index in [9.17, 15) is 18.0 Å². The van der Waals surface area contributed by atoms with Crippen LogP contribution in [0.25, 0.3) is 0 Å². The first kappa shape index (κ1) is 21.0. The van der Waals surface area contributed by atoms with E-state index in [0.717, 1.165) is 0 Å². The number of rotatable bonds is 6. The molecule has 2 heterocycles. The highest BCUT2D eigenvalue weighted by atomic mass is 32.2. The number of carbonyl (C=O) groups excluding carboxylic acids is 2. The van der Waals surface area contributed by atoms with Crippen LogP contribution < -0.4 is 5.32 Å². The number of carbonyl (C=O) groups is 2. The second-order valence-electron chi connectivity index (χ2n) is 6.92. The lowest BCUT2D eigenvalue weighted by atomic mass is 10.3. The summed E-state index contributed by atoms with van der Waals surface area (Å²) >= 11 is 0. The van der Waals surface area contributed by atoms with E-state index in [1.165, 1.54) is 52.8 Å². The van der Waals surface area contributed by atoms with E-state index in [2.05, 4.69) is 10.2 Å². The zero-order valence-corrected chi connectivity index (χ0v) is 17.2. The number of hydrogen-bond donors (Lipinski definition) is 1. The number of nitrogens with zero attached hydrogens (tertiary/aromatic N) is 3. The number of nitrogens with one attached hydrogen (secondary N) is 1. The summed E-state index contributed by atoms with van der Waals surface area (Å²) in [5, 5.41) is 2.66. The minimum atomic E-state index is -3.56. The number of benzene rings is 1. The molecule has 0 aliphatic carbocycles. The van der Waals surface area contributed by atoms with E-state index < -0.39 is 21.8 Å². The minimum absolute atomic E-state index is 0.152. The van der Waals surface area contributed by atoms with Crippen molar-refractivity contribution in [3.8, 4) is 0 Å². The zero-order valence-electron chi connectivity index (χ0n) is 16.4. The zero-order chi connectivity index (χ0) is 21.0. The summed E-state index contributed by atoms with van der Waals surface area (Å²) in [7, 11) is -0.0998. The third-order valence-corrected chi connectivity index (χ3v) is 6.61. The summed E-state index contributed by atoms with van der Waals surface area (Å²) in [6.07, 6.45) is 1.39. The Morgan fingerprint density at radius 3 is 2.34 bits per heavy atom. The van der Waals surface area contributed by atoms with Crippen molar-refractivity contribution in [1.82, 2.24) is 14.1 Å². The van der Waals surface area contributed by atoms with Crippen LogP contribution in [0.15, 0.2) is 52.0 Å². The molecule has 10 heteroatoms. The van der Waals surface area contributed by atoms with E-state index in [1.54, 1.807) is 6.07 Å². The van der Waals surface area contributed by atoms with Gasteiger partial charge < -0.3 is 19.5 Å². The quantitative estimate of drug-likeness (QED) is 0.746. The van der Waals surface area contributed by atoms with Crippen molar-refractivity contribution in [1.29, 1.82) is 0 Å². The molecule has 2 amide bonds. The number of sulfonamides is 1. The highest BCUT2D eigenvalue weighted by Crippen LogP contribution is 2.19. The number of piperazine rings is 1. The van der Waals surface area contributed by atoms with Gasteiger partial charge in [0.1, 0.15) is 0 Å². The van der Waals surface area contributed by atoms with Gasteiger partial charge in [-0.1, -0.05) is 0 Å². The molecule has 1 saturated heterocycles. The minimum Gasteiger partial charge on any atom is -0.459 e.